The van der Waals surface area contributed by atoms with Gasteiger partial charge in [0.1, 0.15) is 5.75 Å². The summed E-state index contributed by atoms with van der Waals surface area (Å²) in [5.74, 6) is -0.375. The lowest BCUT2D eigenvalue weighted by Gasteiger charge is -2.17. The Kier molecular flexibility index (Phi) is 6.27. The zero-order valence-corrected chi connectivity index (χ0v) is 15.0. The average molecular weight is 347 g/mol. The summed E-state index contributed by atoms with van der Waals surface area (Å²) in [5.41, 5.74) is 2.53. The maximum Gasteiger partial charge on any atom is 0.311 e. The molecule has 0 aliphatic carbocycles. The smallest absolute Gasteiger partial charge is 0.311 e. The third-order valence-electron chi connectivity index (χ3n) is 3.87. The lowest BCUT2D eigenvalue weighted by molar-refractivity contribution is -0.138. The SMILES string of the molecule is Cc1ccc(C(Cc2ccccc2OCC(C)C)C(=O)O)cc1Cl. The van der Waals surface area contributed by atoms with E-state index in [4.69, 9.17) is 16.3 Å². The molecule has 1 atom stereocenters. The van der Waals surface area contributed by atoms with Crippen molar-refractivity contribution in [3.63, 3.8) is 0 Å². The zero-order chi connectivity index (χ0) is 17.7. The van der Waals surface area contributed by atoms with Crippen molar-refractivity contribution in [1.29, 1.82) is 0 Å². The van der Waals surface area contributed by atoms with Crippen LogP contribution in [0.5, 0.6) is 5.75 Å². The van der Waals surface area contributed by atoms with Crippen LogP contribution >= 0.6 is 11.6 Å². The molecule has 0 fully saturated rings. The third kappa shape index (κ3) is 4.75. The van der Waals surface area contributed by atoms with Crippen LogP contribution in [0, 0.1) is 12.8 Å². The van der Waals surface area contributed by atoms with Crippen LogP contribution < -0.4 is 4.74 Å². The molecule has 0 spiro atoms. The Labute approximate surface area is 148 Å². The molecule has 1 N–H and O–H groups in total. The summed E-state index contributed by atoms with van der Waals surface area (Å²) < 4.78 is 5.84. The van der Waals surface area contributed by atoms with Crippen LogP contribution in [-0.4, -0.2) is 17.7 Å². The highest BCUT2D eigenvalue weighted by atomic mass is 35.5. The summed E-state index contributed by atoms with van der Waals surface area (Å²) in [4.78, 5) is 11.8. The van der Waals surface area contributed by atoms with Crippen molar-refractivity contribution in [3.05, 3.63) is 64.2 Å². The molecule has 0 aromatic heterocycles. The lowest BCUT2D eigenvalue weighted by Crippen LogP contribution is -2.15. The zero-order valence-electron chi connectivity index (χ0n) is 14.3. The number of para-hydroxylation sites is 1. The van der Waals surface area contributed by atoms with Crippen LogP contribution in [-0.2, 0) is 11.2 Å². The minimum absolute atomic E-state index is 0.364. The van der Waals surface area contributed by atoms with Gasteiger partial charge in [-0.3, -0.25) is 4.79 Å². The predicted molar refractivity (Wildman–Crippen MR) is 97.0 cm³/mol. The molecule has 0 aliphatic heterocycles. The fourth-order valence-corrected chi connectivity index (χ4v) is 2.65. The van der Waals surface area contributed by atoms with Crippen molar-refractivity contribution in [2.45, 2.75) is 33.1 Å². The quantitative estimate of drug-likeness (QED) is 0.759. The molecule has 3 nitrogen and oxygen atoms in total. The molecule has 2 rings (SSSR count). The molecule has 0 bridgehead atoms. The summed E-state index contributed by atoms with van der Waals surface area (Å²) in [7, 11) is 0. The van der Waals surface area contributed by atoms with Gasteiger partial charge in [-0.25, -0.2) is 0 Å². The minimum atomic E-state index is -0.867. The Hall–Kier alpha value is -2.00. The third-order valence-corrected chi connectivity index (χ3v) is 4.27. The first kappa shape index (κ1) is 18.3. The van der Waals surface area contributed by atoms with Gasteiger partial charge in [0.15, 0.2) is 0 Å². The van der Waals surface area contributed by atoms with E-state index >= 15 is 0 Å². The van der Waals surface area contributed by atoms with Crippen LogP contribution in [0.4, 0.5) is 0 Å². The van der Waals surface area contributed by atoms with Crippen LogP contribution in [0.1, 0.15) is 36.5 Å². The maximum atomic E-state index is 11.8. The number of aliphatic carboxylic acids is 1. The molecule has 128 valence electrons. The molecule has 1 unspecified atom stereocenters. The average Bonchev–Trinajstić information content (AvgIpc) is 2.54. The second-order valence-corrected chi connectivity index (χ2v) is 6.82. The predicted octanol–water partition coefficient (Wildman–Crippen LogP) is 5.09. The number of ether oxygens (including phenoxy) is 1. The van der Waals surface area contributed by atoms with E-state index < -0.39 is 11.9 Å². The molecule has 0 aliphatic rings. The monoisotopic (exact) mass is 346 g/mol. The first-order valence-corrected chi connectivity index (χ1v) is 8.45. The van der Waals surface area contributed by atoms with Crippen molar-refractivity contribution in [3.8, 4) is 5.75 Å². The molecule has 2 aromatic carbocycles. The number of rotatable bonds is 7. The molecular weight excluding hydrogens is 324 g/mol. The van der Waals surface area contributed by atoms with E-state index in [0.29, 0.717) is 29.5 Å². The van der Waals surface area contributed by atoms with E-state index in [1.165, 1.54) is 0 Å². The highest BCUT2D eigenvalue weighted by Crippen LogP contribution is 2.29. The van der Waals surface area contributed by atoms with E-state index in [-0.39, 0.29) is 0 Å². The van der Waals surface area contributed by atoms with Gasteiger partial charge in [-0.05, 0) is 48.1 Å². The topological polar surface area (TPSA) is 46.5 Å². The number of benzene rings is 2. The van der Waals surface area contributed by atoms with Gasteiger partial charge in [-0.1, -0.05) is 55.8 Å². The largest absolute Gasteiger partial charge is 0.493 e. The summed E-state index contributed by atoms with van der Waals surface area (Å²) in [6.07, 6.45) is 0.364. The highest BCUT2D eigenvalue weighted by molar-refractivity contribution is 6.31. The van der Waals surface area contributed by atoms with Crippen molar-refractivity contribution < 1.29 is 14.6 Å². The first-order valence-electron chi connectivity index (χ1n) is 8.08. The van der Waals surface area contributed by atoms with Crippen LogP contribution in [0.15, 0.2) is 42.5 Å². The number of aryl methyl sites for hydroxylation is 1. The Morgan fingerprint density at radius 3 is 2.54 bits per heavy atom. The Bertz CT molecular complexity index is 710. The van der Waals surface area contributed by atoms with Gasteiger partial charge < -0.3 is 9.84 Å². The van der Waals surface area contributed by atoms with Crippen LogP contribution in [0.3, 0.4) is 0 Å². The second-order valence-electron chi connectivity index (χ2n) is 6.42. The van der Waals surface area contributed by atoms with E-state index in [1.54, 1.807) is 6.07 Å². The number of hydrogen-bond acceptors (Lipinski definition) is 2. The highest BCUT2D eigenvalue weighted by Gasteiger charge is 2.22. The van der Waals surface area contributed by atoms with Gasteiger partial charge in [0.05, 0.1) is 12.5 Å². The van der Waals surface area contributed by atoms with Crippen molar-refractivity contribution in [2.75, 3.05) is 6.61 Å². The van der Waals surface area contributed by atoms with Gasteiger partial charge in [0.25, 0.3) is 0 Å². The normalized spacial score (nSPS) is 12.2. The fraction of sp³-hybridized carbons (Fsp3) is 0.350. The van der Waals surface area contributed by atoms with Gasteiger partial charge in [0, 0.05) is 5.02 Å². The maximum absolute atomic E-state index is 11.8. The minimum Gasteiger partial charge on any atom is -0.493 e. The second kappa shape index (κ2) is 8.20. The van der Waals surface area contributed by atoms with Gasteiger partial charge in [-0.2, -0.15) is 0 Å². The molecule has 0 heterocycles. The Morgan fingerprint density at radius 2 is 1.92 bits per heavy atom. The molecule has 2 aromatic rings. The van der Waals surface area contributed by atoms with E-state index in [2.05, 4.69) is 13.8 Å². The summed E-state index contributed by atoms with van der Waals surface area (Å²) in [5, 5.41) is 10.3. The molecule has 4 heteroatoms. The lowest BCUT2D eigenvalue weighted by atomic mass is 9.91. The summed E-state index contributed by atoms with van der Waals surface area (Å²) >= 11 is 6.16. The van der Waals surface area contributed by atoms with E-state index in [1.807, 2.05) is 43.3 Å². The van der Waals surface area contributed by atoms with Crippen molar-refractivity contribution >= 4 is 17.6 Å². The molecule has 0 saturated heterocycles. The number of halogens is 1. The van der Waals surface area contributed by atoms with Gasteiger partial charge >= 0.3 is 5.97 Å². The van der Waals surface area contributed by atoms with Crippen molar-refractivity contribution in [1.82, 2.24) is 0 Å². The standard InChI is InChI=1S/C20H23ClO3/c1-13(2)12-24-19-7-5-4-6-16(19)10-17(20(22)23)15-9-8-14(3)18(21)11-15/h4-9,11,13,17H,10,12H2,1-3H3,(H,22,23). The van der Waals surface area contributed by atoms with Crippen LogP contribution in [0.2, 0.25) is 5.02 Å². The number of carboxylic acid groups (broad SMARTS) is 1. The van der Waals surface area contributed by atoms with Gasteiger partial charge in [-0.15, -0.1) is 0 Å². The number of hydrogen-bond donors (Lipinski definition) is 1. The van der Waals surface area contributed by atoms with Crippen LogP contribution in [0.25, 0.3) is 0 Å². The summed E-state index contributed by atoms with van der Waals surface area (Å²) in [6, 6.07) is 13.0. The molecule has 0 radical (unpaired) electrons. The Balaban J connectivity index is 2.28. The molecule has 0 amide bonds. The van der Waals surface area contributed by atoms with Gasteiger partial charge in [0.2, 0.25) is 0 Å². The Morgan fingerprint density at radius 1 is 1.21 bits per heavy atom. The summed E-state index contributed by atoms with van der Waals surface area (Å²) in [6.45, 7) is 6.66. The van der Waals surface area contributed by atoms with Crippen molar-refractivity contribution in [2.24, 2.45) is 5.92 Å². The first-order chi connectivity index (χ1) is 11.4. The number of carbonyl (C=O) groups is 1. The molecule has 0 saturated carbocycles. The molecular formula is C20H23ClO3. The van der Waals surface area contributed by atoms with E-state index in [9.17, 15) is 9.90 Å². The van der Waals surface area contributed by atoms with E-state index in [0.717, 1.165) is 16.9 Å². The molecule has 24 heavy (non-hydrogen) atoms. The number of carboxylic acids is 1. The fourth-order valence-electron chi connectivity index (χ4n) is 2.46.